The molecular weight excluding hydrogens is 225 g/mol. The van der Waals surface area contributed by atoms with E-state index >= 15 is 0 Å². The lowest BCUT2D eigenvalue weighted by molar-refractivity contribution is 0.504. The molecule has 0 bridgehead atoms. The van der Waals surface area contributed by atoms with E-state index in [1.54, 1.807) is 6.08 Å². The monoisotopic (exact) mass is 235 g/mol. The molecule has 1 heterocycles. The molecule has 0 aliphatic rings. The third-order valence-corrected chi connectivity index (χ3v) is 3.33. The molecule has 2 N–H and O–H groups in total. The van der Waals surface area contributed by atoms with Crippen LogP contribution in [0.25, 0.3) is 0 Å². The van der Waals surface area contributed by atoms with Crippen LogP contribution in [0.15, 0.2) is 18.7 Å². The van der Waals surface area contributed by atoms with E-state index in [-0.39, 0.29) is 0 Å². The summed E-state index contributed by atoms with van der Waals surface area (Å²) in [7, 11) is 0. The molecule has 1 nitrogen and oxygen atoms in total. The van der Waals surface area contributed by atoms with Gasteiger partial charge in [-0.2, -0.15) is 0 Å². The Hall–Kier alpha value is -0.0200. The van der Waals surface area contributed by atoms with E-state index in [0.29, 0.717) is 15.1 Å². The average molecular weight is 236 g/mol. The Labute approximate surface area is 92.2 Å². The van der Waals surface area contributed by atoms with Crippen molar-refractivity contribution in [3.63, 3.8) is 0 Å². The van der Waals surface area contributed by atoms with Crippen molar-refractivity contribution in [1.82, 2.24) is 0 Å². The number of nitrogens with two attached hydrogens (primary N) is 1. The molecule has 1 aromatic heterocycles. The van der Waals surface area contributed by atoms with Gasteiger partial charge in [0.2, 0.25) is 0 Å². The zero-order valence-electron chi connectivity index (χ0n) is 7.31. The van der Waals surface area contributed by atoms with E-state index in [1.165, 1.54) is 11.3 Å². The van der Waals surface area contributed by atoms with Gasteiger partial charge in [0.15, 0.2) is 0 Å². The first kappa shape index (κ1) is 11.1. The summed E-state index contributed by atoms with van der Waals surface area (Å²) in [4.78, 5) is 0. The first-order valence-electron chi connectivity index (χ1n) is 3.82. The molecule has 72 valence electrons. The van der Waals surface area contributed by atoms with Gasteiger partial charge in [0, 0.05) is 11.1 Å². The average Bonchev–Trinajstić information content (AvgIpc) is 2.30. The predicted octanol–water partition coefficient (Wildman–Crippen LogP) is 3.80. The van der Waals surface area contributed by atoms with Gasteiger partial charge >= 0.3 is 0 Å². The number of hydrogen-bond acceptors (Lipinski definition) is 2. The van der Waals surface area contributed by atoms with Crippen LogP contribution in [0.5, 0.6) is 0 Å². The fourth-order valence-corrected chi connectivity index (χ4v) is 2.87. The van der Waals surface area contributed by atoms with Crippen LogP contribution >= 0.6 is 34.5 Å². The second kappa shape index (κ2) is 4.01. The fourth-order valence-electron chi connectivity index (χ4n) is 1.14. The summed E-state index contributed by atoms with van der Waals surface area (Å²) in [5, 5.41) is 0. The van der Waals surface area contributed by atoms with Gasteiger partial charge in [-0.05, 0) is 19.4 Å². The number of hydrogen-bond donors (Lipinski definition) is 1. The van der Waals surface area contributed by atoms with Crippen LogP contribution in [0.3, 0.4) is 0 Å². The Bertz CT molecular complexity index is 317. The standard InChI is InChI=1S/C9H11Cl2NS/c1-3-4-9(2,12)6-5-7(10)13-8(6)11/h3,5H,1,4,12H2,2H3/t9-/m1/s1. The van der Waals surface area contributed by atoms with Gasteiger partial charge < -0.3 is 5.73 Å². The highest BCUT2D eigenvalue weighted by atomic mass is 35.5. The second-order valence-electron chi connectivity index (χ2n) is 3.15. The zero-order valence-corrected chi connectivity index (χ0v) is 9.64. The van der Waals surface area contributed by atoms with Crippen LogP contribution < -0.4 is 5.73 Å². The SMILES string of the molecule is C=CC[C@@](C)(N)c1cc(Cl)sc1Cl. The Morgan fingerprint density at radius 3 is 2.69 bits per heavy atom. The Balaban J connectivity index is 3.05. The minimum absolute atomic E-state index is 0.470. The van der Waals surface area contributed by atoms with Gasteiger partial charge in [0.25, 0.3) is 0 Å². The van der Waals surface area contributed by atoms with Crippen molar-refractivity contribution in [1.29, 1.82) is 0 Å². The minimum Gasteiger partial charge on any atom is -0.321 e. The molecule has 1 atom stereocenters. The van der Waals surface area contributed by atoms with Crippen molar-refractivity contribution in [2.75, 3.05) is 0 Å². The van der Waals surface area contributed by atoms with Crippen molar-refractivity contribution < 1.29 is 0 Å². The molecule has 1 rings (SSSR count). The maximum atomic E-state index is 6.06. The van der Waals surface area contributed by atoms with Crippen LogP contribution in [-0.4, -0.2) is 0 Å². The highest BCUT2D eigenvalue weighted by molar-refractivity contribution is 7.20. The molecule has 0 aliphatic carbocycles. The van der Waals surface area contributed by atoms with Gasteiger partial charge in [0.1, 0.15) is 0 Å². The van der Waals surface area contributed by atoms with Crippen LogP contribution in [0.1, 0.15) is 18.9 Å². The van der Waals surface area contributed by atoms with Crippen LogP contribution in [0.2, 0.25) is 8.67 Å². The molecule has 1 aromatic rings. The van der Waals surface area contributed by atoms with Crippen LogP contribution in [0.4, 0.5) is 0 Å². The largest absolute Gasteiger partial charge is 0.321 e. The number of halogens is 2. The van der Waals surface area contributed by atoms with Crippen LogP contribution in [0, 0.1) is 0 Å². The van der Waals surface area contributed by atoms with Crippen molar-refractivity contribution in [2.24, 2.45) is 5.73 Å². The fraction of sp³-hybridized carbons (Fsp3) is 0.333. The van der Waals surface area contributed by atoms with Gasteiger partial charge in [0.05, 0.1) is 8.67 Å². The Kier molecular flexibility index (Phi) is 3.41. The molecule has 13 heavy (non-hydrogen) atoms. The summed E-state index contributed by atoms with van der Waals surface area (Å²) in [6.07, 6.45) is 2.46. The van der Waals surface area contributed by atoms with E-state index < -0.39 is 5.54 Å². The van der Waals surface area contributed by atoms with Gasteiger partial charge in [-0.15, -0.1) is 17.9 Å². The van der Waals surface area contributed by atoms with E-state index in [1.807, 2.05) is 13.0 Å². The van der Waals surface area contributed by atoms with Crippen molar-refractivity contribution in [3.05, 3.63) is 33.0 Å². The summed E-state index contributed by atoms with van der Waals surface area (Å²) in [6, 6.07) is 1.82. The lowest BCUT2D eigenvalue weighted by atomic mass is 9.92. The summed E-state index contributed by atoms with van der Waals surface area (Å²) in [5.41, 5.74) is 6.48. The molecule has 0 fully saturated rings. The third kappa shape index (κ3) is 2.47. The van der Waals surface area contributed by atoms with E-state index in [9.17, 15) is 0 Å². The van der Waals surface area contributed by atoms with E-state index in [4.69, 9.17) is 28.9 Å². The molecule has 0 amide bonds. The summed E-state index contributed by atoms with van der Waals surface area (Å²) < 4.78 is 1.33. The normalized spacial score (nSPS) is 15.4. The number of rotatable bonds is 3. The molecule has 0 unspecified atom stereocenters. The highest BCUT2D eigenvalue weighted by Crippen LogP contribution is 2.37. The maximum absolute atomic E-state index is 6.06. The zero-order chi connectivity index (χ0) is 10.1. The second-order valence-corrected chi connectivity index (χ2v) is 5.43. The first-order chi connectivity index (χ1) is 5.97. The molecule has 0 spiro atoms. The quantitative estimate of drug-likeness (QED) is 0.793. The molecule has 0 saturated heterocycles. The number of thiophene rings is 1. The van der Waals surface area contributed by atoms with Crippen molar-refractivity contribution in [3.8, 4) is 0 Å². The lowest BCUT2D eigenvalue weighted by Gasteiger charge is -2.22. The van der Waals surface area contributed by atoms with Crippen molar-refractivity contribution in [2.45, 2.75) is 18.9 Å². The third-order valence-electron chi connectivity index (χ3n) is 1.84. The Morgan fingerprint density at radius 1 is 1.69 bits per heavy atom. The molecular formula is C9H11Cl2NS. The molecule has 0 aliphatic heterocycles. The predicted molar refractivity (Wildman–Crippen MR) is 60.7 cm³/mol. The molecule has 0 saturated carbocycles. The van der Waals surface area contributed by atoms with Crippen LogP contribution in [-0.2, 0) is 5.54 Å². The summed E-state index contributed by atoms with van der Waals surface area (Å²) >= 11 is 13.1. The molecule has 4 heteroatoms. The summed E-state index contributed by atoms with van der Waals surface area (Å²) in [6.45, 7) is 5.57. The summed E-state index contributed by atoms with van der Waals surface area (Å²) in [5.74, 6) is 0. The topological polar surface area (TPSA) is 26.0 Å². The van der Waals surface area contributed by atoms with Crippen molar-refractivity contribution >= 4 is 34.5 Å². The molecule has 0 aromatic carbocycles. The van der Waals surface area contributed by atoms with Gasteiger partial charge in [-0.25, -0.2) is 0 Å². The van der Waals surface area contributed by atoms with Gasteiger partial charge in [-0.3, -0.25) is 0 Å². The Morgan fingerprint density at radius 2 is 2.31 bits per heavy atom. The smallest absolute Gasteiger partial charge is 0.0994 e. The maximum Gasteiger partial charge on any atom is 0.0994 e. The minimum atomic E-state index is -0.470. The lowest BCUT2D eigenvalue weighted by Crippen LogP contribution is -2.31. The molecule has 0 radical (unpaired) electrons. The van der Waals surface area contributed by atoms with Gasteiger partial charge in [-0.1, -0.05) is 29.3 Å². The van der Waals surface area contributed by atoms with E-state index in [0.717, 1.165) is 5.56 Å². The van der Waals surface area contributed by atoms with E-state index in [2.05, 4.69) is 6.58 Å². The highest BCUT2D eigenvalue weighted by Gasteiger charge is 2.24. The first-order valence-corrected chi connectivity index (χ1v) is 5.39.